The van der Waals surface area contributed by atoms with Gasteiger partial charge in [0.05, 0.1) is 7.11 Å². The lowest BCUT2D eigenvalue weighted by molar-refractivity contribution is -0.122. The second kappa shape index (κ2) is 5.65. The molecule has 0 unspecified atom stereocenters. The van der Waals surface area contributed by atoms with Crippen LogP contribution in [-0.2, 0) is 11.3 Å². The van der Waals surface area contributed by atoms with Crippen LogP contribution in [0.25, 0.3) is 0 Å². The van der Waals surface area contributed by atoms with E-state index in [-0.39, 0.29) is 11.3 Å². The Morgan fingerprint density at radius 3 is 2.56 bits per heavy atom. The zero-order valence-electron chi connectivity index (χ0n) is 10.6. The molecule has 0 saturated heterocycles. The molecule has 1 aromatic rings. The van der Waals surface area contributed by atoms with Crippen LogP contribution in [0.15, 0.2) is 24.3 Å². The van der Waals surface area contributed by atoms with Gasteiger partial charge in [0.2, 0.25) is 5.91 Å². The lowest BCUT2D eigenvalue weighted by Gasteiger charge is -2.11. The van der Waals surface area contributed by atoms with E-state index >= 15 is 0 Å². The first kappa shape index (κ1) is 13.3. The van der Waals surface area contributed by atoms with E-state index in [0.29, 0.717) is 13.0 Å². The number of methoxy groups -OCH3 is 1. The van der Waals surface area contributed by atoms with Gasteiger partial charge in [0.15, 0.2) is 0 Å². The highest BCUT2D eigenvalue weighted by Gasteiger charge is 2.42. The summed E-state index contributed by atoms with van der Waals surface area (Å²) in [4.78, 5) is 11.8. The molecule has 1 aliphatic rings. The molecule has 3 nitrogen and oxygen atoms in total. The highest BCUT2D eigenvalue weighted by molar-refractivity contribution is 7.80. The fourth-order valence-electron chi connectivity index (χ4n) is 1.91. The third kappa shape index (κ3) is 3.42. The van der Waals surface area contributed by atoms with Crippen LogP contribution in [0.4, 0.5) is 0 Å². The maximum absolute atomic E-state index is 11.8. The topological polar surface area (TPSA) is 38.3 Å². The maximum atomic E-state index is 11.8. The molecule has 1 N–H and O–H groups in total. The smallest absolute Gasteiger partial charge is 0.220 e. The van der Waals surface area contributed by atoms with E-state index in [1.165, 1.54) is 0 Å². The Morgan fingerprint density at radius 1 is 1.39 bits per heavy atom. The van der Waals surface area contributed by atoms with E-state index in [4.69, 9.17) is 4.74 Å². The minimum absolute atomic E-state index is 0.123. The molecular formula is C14H19NO2S. The normalized spacial score (nSPS) is 16.1. The summed E-state index contributed by atoms with van der Waals surface area (Å²) in [6.07, 6.45) is 2.87. The SMILES string of the molecule is COc1ccc(CNC(=O)CC2(CS)CC2)cc1. The van der Waals surface area contributed by atoms with E-state index in [1.807, 2.05) is 24.3 Å². The second-order valence-corrected chi connectivity index (χ2v) is 5.28. The largest absolute Gasteiger partial charge is 0.497 e. The number of thiol groups is 1. The zero-order valence-corrected chi connectivity index (χ0v) is 11.5. The molecule has 98 valence electrons. The Kier molecular flexibility index (Phi) is 4.17. The van der Waals surface area contributed by atoms with Gasteiger partial charge in [-0.25, -0.2) is 0 Å². The third-order valence-corrected chi connectivity index (χ3v) is 4.15. The van der Waals surface area contributed by atoms with Crippen LogP contribution in [0.2, 0.25) is 0 Å². The van der Waals surface area contributed by atoms with E-state index in [2.05, 4.69) is 17.9 Å². The number of hydrogen-bond acceptors (Lipinski definition) is 3. The molecule has 0 radical (unpaired) electrons. The number of amides is 1. The summed E-state index contributed by atoms with van der Waals surface area (Å²) < 4.78 is 5.09. The predicted octanol–water partition coefficient (Wildman–Crippen LogP) is 2.41. The molecule has 1 aromatic carbocycles. The Morgan fingerprint density at radius 2 is 2.06 bits per heavy atom. The standard InChI is InChI=1S/C14H19NO2S/c1-17-12-4-2-11(3-5-12)9-15-13(16)8-14(10-18)6-7-14/h2-5,18H,6-10H2,1H3,(H,15,16). The molecule has 1 aliphatic carbocycles. The highest BCUT2D eigenvalue weighted by Crippen LogP contribution is 2.49. The predicted molar refractivity (Wildman–Crippen MR) is 75.0 cm³/mol. The summed E-state index contributed by atoms with van der Waals surface area (Å²) in [5, 5.41) is 2.95. The van der Waals surface area contributed by atoms with Gasteiger partial charge in [0, 0.05) is 13.0 Å². The number of nitrogens with one attached hydrogen (secondary N) is 1. The Labute approximate surface area is 113 Å². The number of hydrogen-bond donors (Lipinski definition) is 2. The van der Waals surface area contributed by atoms with Gasteiger partial charge >= 0.3 is 0 Å². The highest BCUT2D eigenvalue weighted by atomic mass is 32.1. The van der Waals surface area contributed by atoms with E-state index in [9.17, 15) is 4.79 Å². The van der Waals surface area contributed by atoms with Crippen LogP contribution in [0.1, 0.15) is 24.8 Å². The van der Waals surface area contributed by atoms with Crippen molar-refractivity contribution in [3.8, 4) is 5.75 Å². The molecule has 0 spiro atoms. The van der Waals surface area contributed by atoms with Crippen LogP contribution in [0, 0.1) is 5.41 Å². The van der Waals surface area contributed by atoms with Gasteiger partial charge in [0.1, 0.15) is 5.75 Å². The number of carbonyl (C=O) groups excluding carboxylic acids is 1. The maximum Gasteiger partial charge on any atom is 0.220 e. The molecule has 0 aliphatic heterocycles. The average molecular weight is 265 g/mol. The van der Waals surface area contributed by atoms with Crippen LogP contribution in [0.5, 0.6) is 5.75 Å². The van der Waals surface area contributed by atoms with Crippen molar-refractivity contribution in [3.05, 3.63) is 29.8 Å². The Bertz CT molecular complexity index is 412. The van der Waals surface area contributed by atoms with Crippen molar-refractivity contribution in [2.75, 3.05) is 12.9 Å². The van der Waals surface area contributed by atoms with Crippen LogP contribution >= 0.6 is 12.6 Å². The summed E-state index contributed by atoms with van der Waals surface area (Å²) in [5.41, 5.74) is 1.27. The Hall–Kier alpha value is -1.16. The van der Waals surface area contributed by atoms with Gasteiger partial charge in [-0.2, -0.15) is 12.6 Å². The van der Waals surface area contributed by atoms with Crippen molar-refractivity contribution in [1.82, 2.24) is 5.32 Å². The summed E-state index contributed by atoms with van der Waals surface area (Å²) in [5.74, 6) is 1.76. The molecule has 2 rings (SSSR count). The number of rotatable bonds is 6. The van der Waals surface area contributed by atoms with Gasteiger partial charge in [-0.1, -0.05) is 12.1 Å². The summed E-state index contributed by atoms with van der Waals surface area (Å²) in [7, 11) is 1.64. The van der Waals surface area contributed by atoms with Crippen LogP contribution in [0.3, 0.4) is 0 Å². The molecule has 4 heteroatoms. The van der Waals surface area contributed by atoms with E-state index in [1.54, 1.807) is 7.11 Å². The van der Waals surface area contributed by atoms with Gasteiger partial charge in [0.25, 0.3) is 0 Å². The van der Waals surface area contributed by atoms with Gasteiger partial charge in [-0.3, -0.25) is 4.79 Å². The summed E-state index contributed by atoms with van der Waals surface area (Å²) >= 11 is 4.30. The fourth-order valence-corrected chi connectivity index (χ4v) is 2.34. The van der Waals surface area contributed by atoms with Crippen molar-refractivity contribution in [3.63, 3.8) is 0 Å². The minimum atomic E-state index is 0.123. The van der Waals surface area contributed by atoms with Crippen molar-refractivity contribution < 1.29 is 9.53 Å². The van der Waals surface area contributed by atoms with Gasteiger partial charge in [-0.05, 0) is 41.7 Å². The summed E-state index contributed by atoms with van der Waals surface area (Å²) in [6, 6.07) is 7.73. The molecule has 0 bridgehead atoms. The molecule has 18 heavy (non-hydrogen) atoms. The second-order valence-electron chi connectivity index (χ2n) is 4.96. The monoisotopic (exact) mass is 265 g/mol. The van der Waals surface area contributed by atoms with E-state index in [0.717, 1.165) is 29.9 Å². The van der Waals surface area contributed by atoms with Crippen LogP contribution in [-0.4, -0.2) is 18.8 Å². The first-order valence-electron chi connectivity index (χ1n) is 6.18. The first-order chi connectivity index (χ1) is 8.67. The number of ether oxygens (including phenoxy) is 1. The molecule has 0 aromatic heterocycles. The lowest BCUT2D eigenvalue weighted by atomic mass is 10.1. The van der Waals surface area contributed by atoms with Gasteiger partial charge in [-0.15, -0.1) is 0 Å². The fraction of sp³-hybridized carbons (Fsp3) is 0.500. The third-order valence-electron chi connectivity index (χ3n) is 3.48. The quantitative estimate of drug-likeness (QED) is 0.775. The molecular weight excluding hydrogens is 246 g/mol. The zero-order chi connectivity index (χ0) is 13.0. The minimum Gasteiger partial charge on any atom is -0.497 e. The Balaban J connectivity index is 1.78. The van der Waals surface area contributed by atoms with Crippen molar-refractivity contribution in [2.24, 2.45) is 5.41 Å². The van der Waals surface area contributed by atoms with E-state index < -0.39 is 0 Å². The average Bonchev–Trinajstić information content (AvgIpc) is 3.17. The molecule has 1 saturated carbocycles. The molecule has 0 atom stereocenters. The number of benzene rings is 1. The van der Waals surface area contributed by atoms with Crippen molar-refractivity contribution in [2.45, 2.75) is 25.8 Å². The molecule has 1 fully saturated rings. The summed E-state index contributed by atoms with van der Waals surface area (Å²) in [6.45, 7) is 0.575. The molecule has 1 amide bonds. The first-order valence-corrected chi connectivity index (χ1v) is 6.81. The van der Waals surface area contributed by atoms with Crippen LogP contribution < -0.4 is 10.1 Å². The van der Waals surface area contributed by atoms with Crippen molar-refractivity contribution in [1.29, 1.82) is 0 Å². The number of carbonyl (C=O) groups is 1. The lowest BCUT2D eigenvalue weighted by Crippen LogP contribution is -2.26. The molecule has 0 heterocycles. The van der Waals surface area contributed by atoms with Crippen molar-refractivity contribution >= 4 is 18.5 Å². The van der Waals surface area contributed by atoms with Gasteiger partial charge < -0.3 is 10.1 Å².